The number of hydrogen-bond donors (Lipinski definition) is 1. The first-order chi connectivity index (χ1) is 14.2. The molecule has 30 heavy (non-hydrogen) atoms. The highest BCUT2D eigenvalue weighted by molar-refractivity contribution is 7.92. The van der Waals surface area contributed by atoms with Crippen LogP contribution >= 0.6 is 0 Å². The van der Waals surface area contributed by atoms with Crippen LogP contribution in [0.15, 0.2) is 36.7 Å². The number of nitrogens with one attached hydrogen (secondary N) is 1. The van der Waals surface area contributed by atoms with Crippen molar-refractivity contribution in [3.8, 4) is 35.0 Å². The summed E-state index contributed by atoms with van der Waals surface area (Å²) in [5.74, 6) is 0.358. The average Bonchev–Trinajstić information content (AvgIpc) is 2.70. The van der Waals surface area contributed by atoms with Crippen molar-refractivity contribution in [2.24, 2.45) is 0 Å². The Morgan fingerprint density at radius 3 is 2.47 bits per heavy atom. The van der Waals surface area contributed by atoms with Crippen LogP contribution in [0.5, 0.6) is 11.6 Å². The van der Waals surface area contributed by atoms with Gasteiger partial charge in [-0.2, -0.15) is 10.5 Å². The quantitative estimate of drug-likeness (QED) is 0.663. The monoisotopic (exact) mass is 420 g/mol. The third-order valence-corrected chi connectivity index (χ3v) is 4.55. The second kappa shape index (κ2) is 8.15. The van der Waals surface area contributed by atoms with Crippen LogP contribution in [0.3, 0.4) is 0 Å². The second-order valence-corrected chi connectivity index (χ2v) is 8.20. The van der Waals surface area contributed by atoms with Gasteiger partial charge < -0.3 is 4.74 Å². The molecule has 0 bridgehead atoms. The lowest BCUT2D eigenvalue weighted by atomic mass is 10.1. The van der Waals surface area contributed by atoms with E-state index in [4.69, 9.17) is 15.3 Å². The number of nitrogens with zero attached hydrogens (tertiary/aromatic N) is 5. The lowest BCUT2D eigenvalue weighted by molar-refractivity contribution is 0.456. The van der Waals surface area contributed by atoms with E-state index in [0.717, 1.165) is 6.26 Å². The minimum absolute atomic E-state index is 0.00186. The van der Waals surface area contributed by atoms with Crippen molar-refractivity contribution in [3.05, 3.63) is 59.2 Å². The van der Waals surface area contributed by atoms with Crippen LogP contribution in [0.2, 0.25) is 0 Å². The van der Waals surface area contributed by atoms with Gasteiger partial charge in [0, 0.05) is 18.0 Å². The summed E-state index contributed by atoms with van der Waals surface area (Å²) in [6, 6.07) is 10.3. The van der Waals surface area contributed by atoms with Crippen molar-refractivity contribution in [1.82, 2.24) is 15.0 Å². The molecule has 0 aliphatic carbocycles. The predicted octanol–water partition coefficient (Wildman–Crippen LogP) is 3.06. The van der Waals surface area contributed by atoms with Crippen molar-refractivity contribution < 1.29 is 13.2 Å². The smallest absolute Gasteiger partial charge is 0.244 e. The van der Waals surface area contributed by atoms with E-state index in [9.17, 15) is 8.42 Å². The van der Waals surface area contributed by atoms with Crippen LogP contribution in [-0.2, 0) is 10.0 Å². The first kappa shape index (κ1) is 20.7. The van der Waals surface area contributed by atoms with Crippen molar-refractivity contribution in [1.29, 1.82) is 10.5 Å². The molecule has 3 aromatic heterocycles. The van der Waals surface area contributed by atoms with Gasteiger partial charge in [0.25, 0.3) is 0 Å². The van der Waals surface area contributed by atoms with Crippen LogP contribution in [0.1, 0.15) is 22.5 Å². The van der Waals surface area contributed by atoms with Crippen molar-refractivity contribution in [3.63, 3.8) is 0 Å². The standard InChI is InChI=1S/C20H16N6O3S/c1-12-6-16(9-22)24-13(2)19(12)29-20-18(26-30(3,27)28)5-4-17(25-20)15-7-14(8-21)10-23-11-15/h4-7,10-11,26H,1-3H3. The fraction of sp³-hybridized carbons (Fsp3) is 0.150. The molecule has 10 heteroatoms. The molecule has 1 N–H and O–H groups in total. The Bertz CT molecular complexity index is 1300. The van der Waals surface area contributed by atoms with E-state index in [2.05, 4.69) is 19.7 Å². The molecule has 0 saturated carbocycles. The SMILES string of the molecule is Cc1cc(C#N)nc(C)c1Oc1nc(-c2cncc(C#N)c2)ccc1NS(C)(=O)=O. The molecule has 9 nitrogen and oxygen atoms in total. The molecular formula is C20H16N6O3S. The normalized spacial score (nSPS) is 10.7. The molecule has 0 atom stereocenters. The maximum absolute atomic E-state index is 11.8. The number of aryl methyl sites for hydroxylation is 2. The third-order valence-electron chi connectivity index (χ3n) is 3.96. The molecule has 3 heterocycles. The summed E-state index contributed by atoms with van der Waals surface area (Å²) in [4.78, 5) is 12.6. The lowest BCUT2D eigenvalue weighted by Crippen LogP contribution is -2.11. The number of ether oxygens (including phenoxy) is 1. The average molecular weight is 420 g/mol. The van der Waals surface area contributed by atoms with Gasteiger partial charge in [0.15, 0.2) is 5.75 Å². The maximum atomic E-state index is 11.8. The van der Waals surface area contributed by atoms with Crippen LogP contribution in [0.4, 0.5) is 5.69 Å². The van der Waals surface area contributed by atoms with Crippen LogP contribution in [-0.4, -0.2) is 29.6 Å². The molecule has 0 aromatic carbocycles. The number of nitriles is 2. The molecule has 0 saturated heterocycles. The molecule has 150 valence electrons. The molecule has 0 radical (unpaired) electrons. The van der Waals surface area contributed by atoms with E-state index >= 15 is 0 Å². The van der Waals surface area contributed by atoms with Gasteiger partial charge in [0.1, 0.15) is 23.5 Å². The van der Waals surface area contributed by atoms with Gasteiger partial charge in [-0.25, -0.2) is 18.4 Å². The molecule has 0 unspecified atom stereocenters. The minimum Gasteiger partial charge on any atom is -0.435 e. The molecule has 0 aliphatic heterocycles. The highest BCUT2D eigenvalue weighted by atomic mass is 32.2. The van der Waals surface area contributed by atoms with Gasteiger partial charge in [0.05, 0.1) is 23.2 Å². The highest BCUT2D eigenvalue weighted by Gasteiger charge is 2.17. The maximum Gasteiger partial charge on any atom is 0.244 e. The molecule has 0 amide bonds. The molecular weight excluding hydrogens is 404 g/mol. The number of anilines is 1. The first-order valence-electron chi connectivity index (χ1n) is 8.60. The molecule has 3 rings (SSSR count). The highest BCUT2D eigenvalue weighted by Crippen LogP contribution is 2.34. The Morgan fingerprint density at radius 1 is 1.07 bits per heavy atom. The van der Waals surface area contributed by atoms with Gasteiger partial charge in [0.2, 0.25) is 15.9 Å². The fourth-order valence-electron chi connectivity index (χ4n) is 2.73. The molecule has 0 fully saturated rings. The Balaban J connectivity index is 2.13. The van der Waals surface area contributed by atoms with Gasteiger partial charge in [-0.15, -0.1) is 0 Å². The Hall–Kier alpha value is -4.02. The fourth-order valence-corrected chi connectivity index (χ4v) is 3.28. The van der Waals surface area contributed by atoms with Crippen molar-refractivity contribution in [2.75, 3.05) is 11.0 Å². The van der Waals surface area contributed by atoms with Crippen molar-refractivity contribution >= 4 is 15.7 Å². The van der Waals surface area contributed by atoms with Crippen LogP contribution in [0, 0.1) is 36.5 Å². The number of sulfonamides is 1. The third kappa shape index (κ3) is 4.69. The Morgan fingerprint density at radius 2 is 1.83 bits per heavy atom. The number of pyridine rings is 3. The largest absolute Gasteiger partial charge is 0.435 e. The minimum atomic E-state index is -3.60. The van der Waals surface area contributed by atoms with Crippen LogP contribution in [0.25, 0.3) is 11.3 Å². The molecule has 0 spiro atoms. The van der Waals surface area contributed by atoms with Gasteiger partial charge in [-0.3, -0.25) is 9.71 Å². The molecule has 0 aliphatic rings. The summed E-state index contributed by atoms with van der Waals surface area (Å²) in [5, 5.41) is 18.2. The van der Waals surface area contributed by atoms with E-state index in [0.29, 0.717) is 33.8 Å². The molecule has 3 aromatic rings. The topological polar surface area (TPSA) is 142 Å². The summed E-state index contributed by atoms with van der Waals surface area (Å²) in [7, 11) is -3.60. The summed E-state index contributed by atoms with van der Waals surface area (Å²) >= 11 is 0. The van der Waals surface area contributed by atoms with Crippen molar-refractivity contribution in [2.45, 2.75) is 13.8 Å². The van der Waals surface area contributed by atoms with E-state index in [-0.39, 0.29) is 17.3 Å². The van der Waals surface area contributed by atoms with Gasteiger partial charge in [-0.05, 0) is 43.7 Å². The summed E-state index contributed by atoms with van der Waals surface area (Å²) in [6.07, 6.45) is 3.98. The number of hydrogen-bond acceptors (Lipinski definition) is 8. The Kier molecular flexibility index (Phi) is 5.63. The van der Waals surface area contributed by atoms with E-state index in [1.807, 2.05) is 12.1 Å². The van der Waals surface area contributed by atoms with Gasteiger partial charge in [-0.1, -0.05) is 0 Å². The zero-order valence-electron chi connectivity index (χ0n) is 16.3. The zero-order chi connectivity index (χ0) is 21.9. The van der Waals surface area contributed by atoms with Crippen LogP contribution < -0.4 is 9.46 Å². The number of aromatic nitrogens is 3. The summed E-state index contributed by atoms with van der Waals surface area (Å²) < 4.78 is 31.9. The second-order valence-electron chi connectivity index (χ2n) is 6.45. The van der Waals surface area contributed by atoms with E-state index in [1.165, 1.54) is 18.5 Å². The first-order valence-corrected chi connectivity index (χ1v) is 10.5. The summed E-state index contributed by atoms with van der Waals surface area (Å²) in [6.45, 7) is 3.43. The zero-order valence-corrected chi connectivity index (χ0v) is 17.1. The van der Waals surface area contributed by atoms with Gasteiger partial charge >= 0.3 is 0 Å². The summed E-state index contributed by atoms with van der Waals surface area (Å²) in [5.41, 5.74) is 2.84. The Labute approximate surface area is 173 Å². The van der Waals surface area contributed by atoms with E-state index in [1.54, 1.807) is 32.0 Å². The lowest BCUT2D eigenvalue weighted by Gasteiger charge is -2.15. The van der Waals surface area contributed by atoms with E-state index < -0.39 is 10.0 Å². The predicted molar refractivity (Wildman–Crippen MR) is 109 cm³/mol. The number of rotatable bonds is 5.